The Labute approximate surface area is 114 Å². The van der Waals surface area contributed by atoms with E-state index in [1.807, 2.05) is 18.2 Å². The topological polar surface area (TPSA) is 50.4 Å². The molecule has 2 unspecified atom stereocenters. The number of benzene rings is 1. The van der Waals surface area contributed by atoms with Gasteiger partial charge in [-0.3, -0.25) is 10.1 Å². The van der Waals surface area contributed by atoms with Crippen LogP contribution in [0.2, 0.25) is 0 Å². The van der Waals surface area contributed by atoms with Crippen LogP contribution < -0.4 is 15.4 Å². The largest absolute Gasteiger partial charge is 0.497 e. The molecule has 1 aromatic carbocycles. The van der Waals surface area contributed by atoms with Crippen molar-refractivity contribution >= 4 is 5.91 Å². The molecule has 1 aliphatic rings. The number of carbonyl (C=O) groups is 1. The summed E-state index contributed by atoms with van der Waals surface area (Å²) >= 11 is 0. The van der Waals surface area contributed by atoms with Crippen molar-refractivity contribution < 1.29 is 9.53 Å². The lowest BCUT2D eigenvalue weighted by molar-refractivity contribution is -0.123. The lowest BCUT2D eigenvalue weighted by Gasteiger charge is -2.21. The zero-order chi connectivity index (χ0) is 13.7. The maximum absolute atomic E-state index is 11.9. The fourth-order valence-corrected chi connectivity index (χ4v) is 2.41. The number of ether oxygens (including phenoxy) is 1. The Bertz CT molecular complexity index is 434. The fraction of sp³-hybridized carbons (Fsp3) is 0.533. The van der Waals surface area contributed by atoms with Crippen LogP contribution in [0.3, 0.4) is 0 Å². The average Bonchev–Trinajstić information content (AvgIpc) is 2.64. The molecular weight excluding hydrogens is 240 g/mol. The van der Waals surface area contributed by atoms with E-state index in [2.05, 4.69) is 23.6 Å². The molecule has 0 aliphatic carbocycles. The summed E-state index contributed by atoms with van der Waals surface area (Å²) < 4.78 is 5.23. The molecule has 0 aromatic heterocycles. The summed E-state index contributed by atoms with van der Waals surface area (Å²) in [4.78, 5) is 11.9. The van der Waals surface area contributed by atoms with Crippen molar-refractivity contribution in [2.24, 2.45) is 0 Å². The van der Waals surface area contributed by atoms with Crippen molar-refractivity contribution in [1.29, 1.82) is 0 Å². The predicted octanol–water partition coefficient (Wildman–Crippen LogP) is 2.01. The molecule has 1 fully saturated rings. The first kappa shape index (κ1) is 13.9. The van der Waals surface area contributed by atoms with Crippen LogP contribution in [0.25, 0.3) is 0 Å². The Morgan fingerprint density at radius 1 is 1.42 bits per heavy atom. The van der Waals surface area contributed by atoms with E-state index in [4.69, 9.17) is 4.74 Å². The number of methoxy groups -OCH3 is 1. The number of hydrogen-bond donors (Lipinski definition) is 2. The van der Waals surface area contributed by atoms with Crippen molar-refractivity contribution in [3.05, 3.63) is 29.8 Å². The van der Waals surface area contributed by atoms with Gasteiger partial charge in [-0.2, -0.15) is 0 Å². The fourth-order valence-electron chi connectivity index (χ4n) is 2.41. The van der Waals surface area contributed by atoms with Gasteiger partial charge in [-0.15, -0.1) is 0 Å². The van der Waals surface area contributed by atoms with Crippen molar-refractivity contribution in [2.45, 2.75) is 38.3 Å². The van der Waals surface area contributed by atoms with E-state index < -0.39 is 0 Å². The van der Waals surface area contributed by atoms with Crippen LogP contribution in [0.5, 0.6) is 5.75 Å². The highest BCUT2D eigenvalue weighted by molar-refractivity contribution is 5.81. The van der Waals surface area contributed by atoms with Crippen molar-refractivity contribution in [1.82, 2.24) is 10.6 Å². The van der Waals surface area contributed by atoms with E-state index in [1.54, 1.807) is 7.11 Å². The van der Waals surface area contributed by atoms with Crippen molar-refractivity contribution in [2.75, 3.05) is 13.7 Å². The molecule has 1 aliphatic heterocycles. The molecule has 0 radical (unpaired) electrons. The quantitative estimate of drug-likeness (QED) is 0.872. The Kier molecular flexibility index (Phi) is 4.80. The molecular formula is C15H22N2O2. The second kappa shape index (κ2) is 6.57. The third-order valence-corrected chi connectivity index (χ3v) is 3.58. The molecule has 19 heavy (non-hydrogen) atoms. The number of hydrogen-bond acceptors (Lipinski definition) is 3. The van der Waals surface area contributed by atoms with Gasteiger partial charge in [-0.05, 0) is 43.9 Å². The molecule has 104 valence electrons. The minimum Gasteiger partial charge on any atom is -0.497 e. The Morgan fingerprint density at radius 2 is 2.26 bits per heavy atom. The first-order chi connectivity index (χ1) is 9.20. The van der Waals surface area contributed by atoms with E-state index in [0.717, 1.165) is 37.1 Å². The highest BCUT2D eigenvalue weighted by atomic mass is 16.5. The minimum atomic E-state index is -0.0938. The summed E-state index contributed by atoms with van der Waals surface area (Å²) in [5, 5.41) is 6.36. The standard InChI is InChI=1S/C15H22N2O2/c1-11(12-6-5-7-13(10-12)19-2)17-14-8-3-4-9-16-15(14)18/h5-7,10-11,14,17H,3-4,8-9H2,1-2H3,(H,16,18). The van der Waals surface area contributed by atoms with Crippen LogP contribution >= 0.6 is 0 Å². The minimum absolute atomic E-state index is 0.0938. The van der Waals surface area contributed by atoms with Gasteiger partial charge in [0.1, 0.15) is 5.75 Å². The smallest absolute Gasteiger partial charge is 0.237 e. The third kappa shape index (κ3) is 3.70. The molecule has 4 nitrogen and oxygen atoms in total. The molecule has 1 saturated heterocycles. The van der Waals surface area contributed by atoms with Crippen LogP contribution in [0.4, 0.5) is 0 Å². The van der Waals surface area contributed by atoms with E-state index in [0.29, 0.717) is 0 Å². The number of nitrogens with one attached hydrogen (secondary N) is 2. The van der Waals surface area contributed by atoms with Crippen LogP contribution in [-0.4, -0.2) is 25.6 Å². The molecule has 1 amide bonds. The molecule has 1 aromatic rings. The number of amides is 1. The maximum atomic E-state index is 11.9. The molecule has 0 bridgehead atoms. The monoisotopic (exact) mass is 262 g/mol. The van der Waals surface area contributed by atoms with E-state index >= 15 is 0 Å². The second-order valence-electron chi connectivity index (χ2n) is 5.00. The summed E-state index contributed by atoms with van der Waals surface area (Å²) in [5.74, 6) is 0.962. The summed E-state index contributed by atoms with van der Waals surface area (Å²) in [7, 11) is 1.66. The van der Waals surface area contributed by atoms with Crippen LogP contribution in [0.15, 0.2) is 24.3 Å². The molecule has 2 atom stereocenters. The van der Waals surface area contributed by atoms with Gasteiger partial charge in [0.25, 0.3) is 0 Å². The van der Waals surface area contributed by atoms with Crippen LogP contribution in [0.1, 0.15) is 37.8 Å². The van der Waals surface area contributed by atoms with Gasteiger partial charge < -0.3 is 10.1 Å². The third-order valence-electron chi connectivity index (χ3n) is 3.58. The molecule has 4 heteroatoms. The lowest BCUT2D eigenvalue weighted by Crippen LogP contribution is -2.43. The van der Waals surface area contributed by atoms with E-state index in [-0.39, 0.29) is 18.0 Å². The summed E-state index contributed by atoms with van der Waals surface area (Å²) in [6, 6.07) is 7.99. The average molecular weight is 262 g/mol. The molecule has 0 spiro atoms. The highest BCUT2D eigenvalue weighted by Crippen LogP contribution is 2.20. The highest BCUT2D eigenvalue weighted by Gasteiger charge is 2.22. The van der Waals surface area contributed by atoms with Gasteiger partial charge in [0.2, 0.25) is 5.91 Å². The molecule has 1 heterocycles. The molecule has 2 rings (SSSR count). The van der Waals surface area contributed by atoms with E-state index in [9.17, 15) is 4.79 Å². The van der Waals surface area contributed by atoms with Gasteiger partial charge in [0.15, 0.2) is 0 Å². The Hall–Kier alpha value is -1.55. The SMILES string of the molecule is COc1cccc(C(C)NC2CCCCNC2=O)c1. The molecule has 2 N–H and O–H groups in total. The number of carbonyl (C=O) groups excluding carboxylic acids is 1. The van der Waals surface area contributed by atoms with Gasteiger partial charge in [-0.1, -0.05) is 12.1 Å². The van der Waals surface area contributed by atoms with Crippen LogP contribution in [0, 0.1) is 0 Å². The second-order valence-corrected chi connectivity index (χ2v) is 5.00. The summed E-state index contributed by atoms with van der Waals surface area (Å²) in [6.07, 6.45) is 3.05. The Morgan fingerprint density at radius 3 is 3.05 bits per heavy atom. The zero-order valence-corrected chi connectivity index (χ0v) is 11.6. The zero-order valence-electron chi connectivity index (χ0n) is 11.6. The van der Waals surface area contributed by atoms with Gasteiger partial charge in [0.05, 0.1) is 13.2 Å². The summed E-state index contributed by atoms with van der Waals surface area (Å²) in [5.41, 5.74) is 1.14. The molecule has 0 saturated carbocycles. The predicted molar refractivity (Wildman–Crippen MR) is 75.2 cm³/mol. The van der Waals surface area contributed by atoms with Crippen LogP contribution in [-0.2, 0) is 4.79 Å². The van der Waals surface area contributed by atoms with Gasteiger partial charge >= 0.3 is 0 Å². The van der Waals surface area contributed by atoms with E-state index in [1.165, 1.54) is 0 Å². The Balaban J connectivity index is 2.02. The first-order valence-electron chi connectivity index (χ1n) is 6.88. The van der Waals surface area contributed by atoms with Gasteiger partial charge in [-0.25, -0.2) is 0 Å². The summed E-state index contributed by atoms with van der Waals surface area (Å²) in [6.45, 7) is 2.87. The maximum Gasteiger partial charge on any atom is 0.237 e. The first-order valence-corrected chi connectivity index (χ1v) is 6.88. The lowest BCUT2D eigenvalue weighted by atomic mass is 10.0. The normalized spacial score (nSPS) is 21.4. The van der Waals surface area contributed by atoms with Crippen molar-refractivity contribution in [3.8, 4) is 5.75 Å². The number of rotatable bonds is 4. The van der Waals surface area contributed by atoms with Gasteiger partial charge in [0, 0.05) is 12.6 Å². The van der Waals surface area contributed by atoms with Crippen molar-refractivity contribution in [3.63, 3.8) is 0 Å².